The second-order valence-electron chi connectivity index (χ2n) is 7.14. The molecule has 2 unspecified atom stereocenters. The Balaban J connectivity index is 0.000000303. The first kappa shape index (κ1) is 25.2. The molecule has 1 fully saturated rings. The highest BCUT2D eigenvalue weighted by molar-refractivity contribution is 5.96. The molecule has 1 aliphatic rings. The van der Waals surface area contributed by atoms with Gasteiger partial charge in [-0.05, 0) is 45.0 Å². The molecule has 0 saturated carbocycles. The number of pyridine rings is 1. The second-order valence-corrected chi connectivity index (χ2v) is 7.14. The quantitative estimate of drug-likeness (QED) is 0.703. The Bertz CT molecular complexity index is 929. The molecular weight excluding hydrogens is 422 g/mol. The molecule has 2 amide bonds. The summed E-state index contributed by atoms with van der Waals surface area (Å²) >= 11 is 0. The number of likely N-dealkylation sites (N-methyl/N-ethyl adjacent to an activating group) is 2. The largest absolute Gasteiger partial charge is 0.494 e. The molecule has 1 aliphatic heterocycles. The van der Waals surface area contributed by atoms with Crippen molar-refractivity contribution in [3.8, 4) is 5.75 Å². The van der Waals surface area contributed by atoms with E-state index in [0.29, 0.717) is 11.5 Å². The van der Waals surface area contributed by atoms with Crippen LogP contribution in [-0.2, 0) is 14.3 Å². The van der Waals surface area contributed by atoms with Gasteiger partial charge in [0, 0.05) is 25.0 Å². The van der Waals surface area contributed by atoms with E-state index in [1.54, 1.807) is 32.4 Å². The third-order valence-corrected chi connectivity index (χ3v) is 4.72. The third kappa shape index (κ3) is 6.96. The summed E-state index contributed by atoms with van der Waals surface area (Å²) in [6, 6.07) is 7.15. The highest BCUT2D eigenvalue weighted by Gasteiger charge is 2.28. The van der Waals surface area contributed by atoms with Crippen LogP contribution < -0.4 is 20.3 Å². The van der Waals surface area contributed by atoms with Crippen LogP contribution in [0.2, 0.25) is 0 Å². The Labute approximate surface area is 185 Å². The van der Waals surface area contributed by atoms with Crippen molar-refractivity contribution in [2.24, 2.45) is 0 Å². The van der Waals surface area contributed by atoms with Crippen LogP contribution in [0, 0.1) is 11.6 Å². The Kier molecular flexibility index (Phi) is 9.48. The monoisotopic (exact) mass is 450 g/mol. The van der Waals surface area contributed by atoms with Crippen LogP contribution in [0.4, 0.5) is 20.3 Å². The first-order chi connectivity index (χ1) is 15.3. The summed E-state index contributed by atoms with van der Waals surface area (Å²) in [6.45, 7) is 2.18. The van der Waals surface area contributed by atoms with Crippen molar-refractivity contribution in [1.82, 2.24) is 10.3 Å². The van der Waals surface area contributed by atoms with Crippen LogP contribution in [0.1, 0.15) is 19.8 Å². The Hall–Kier alpha value is -3.11. The summed E-state index contributed by atoms with van der Waals surface area (Å²) in [6.07, 6.45) is 2.89. The van der Waals surface area contributed by atoms with Crippen LogP contribution in [-0.4, -0.2) is 56.8 Å². The number of ether oxygens (including phenoxy) is 2. The number of methoxy groups -OCH3 is 1. The van der Waals surface area contributed by atoms with E-state index in [1.165, 1.54) is 24.1 Å². The zero-order valence-electron chi connectivity index (χ0n) is 18.5. The number of amides is 2. The predicted molar refractivity (Wildman–Crippen MR) is 117 cm³/mol. The molecule has 174 valence electrons. The van der Waals surface area contributed by atoms with Gasteiger partial charge >= 0.3 is 0 Å². The first-order valence-electron chi connectivity index (χ1n) is 10.1. The molecule has 2 heterocycles. The molecule has 0 bridgehead atoms. The molecule has 1 aromatic carbocycles. The lowest BCUT2D eigenvalue weighted by Gasteiger charge is -2.17. The molecule has 3 rings (SSSR count). The fraction of sp³-hybridized carbons (Fsp3) is 0.409. The van der Waals surface area contributed by atoms with Crippen molar-refractivity contribution >= 4 is 23.3 Å². The maximum absolute atomic E-state index is 12.5. The van der Waals surface area contributed by atoms with Crippen molar-refractivity contribution in [3.05, 3.63) is 48.2 Å². The van der Waals surface area contributed by atoms with Crippen LogP contribution in [0.15, 0.2) is 36.5 Å². The van der Waals surface area contributed by atoms with Gasteiger partial charge in [0.1, 0.15) is 11.9 Å². The smallest absolute Gasteiger partial charge is 0.253 e. The number of nitrogens with zero attached hydrogens (tertiary/aromatic N) is 2. The van der Waals surface area contributed by atoms with Crippen molar-refractivity contribution in [2.45, 2.75) is 32.0 Å². The maximum atomic E-state index is 12.5. The van der Waals surface area contributed by atoms with Crippen LogP contribution in [0.25, 0.3) is 0 Å². The molecule has 0 radical (unpaired) electrons. The molecule has 0 spiro atoms. The number of nitrogens with one attached hydrogen (secondary N) is 2. The Morgan fingerprint density at radius 3 is 2.62 bits per heavy atom. The number of halogens is 2. The average molecular weight is 450 g/mol. The van der Waals surface area contributed by atoms with E-state index in [4.69, 9.17) is 4.74 Å². The number of carbonyl (C=O) groups is 2. The van der Waals surface area contributed by atoms with E-state index in [2.05, 4.69) is 20.4 Å². The second kappa shape index (κ2) is 12.1. The zero-order valence-corrected chi connectivity index (χ0v) is 18.5. The van der Waals surface area contributed by atoms with Crippen molar-refractivity contribution in [3.63, 3.8) is 0 Å². The average Bonchev–Trinajstić information content (AvgIpc) is 3.22. The van der Waals surface area contributed by atoms with Gasteiger partial charge in [-0.25, -0.2) is 9.37 Å². The first-order valence-corrected chi connectivity index (χ1v) is 10.1. The van der Waals surface area contributed by atoms with Gasteiger partial charge in [0.2, 0.25) is 11.7 Å². The van der Waals surface area contributed by atoms with Gasteiger partial charge in [-0.1, -0.05) is 6.07 Å². The molecule has 1 aromatic heterocycles. The highest BCUT2D eigenvalue weighted by Crippen LogP contribution is 2.22. The van der Waals surface area contributed by atoms with Crippen molar-refractivity contribution < 1.29 is 27.8 Å². The van der Waals surface area contributed by atoms with Gasteiger partial charge in [-0.15, -0.1) is 0 Å². The number of hydrogen-bond acceptors (Lipinski definition) is 6. The van der Waals surface area contributed by atoms with E-state index < -0.39 is 17.7 Å². The number of anilines is 2. The molecule has 10 heteroatoms. The summed E-state index contributed by atoms with van der Waals surface area (Å²) in [5, 5.41) is 5.61. The number of carbonyl (C=O) groups excluding carboxylic acids is 2. The standard InChI is InChI=1S/C15H22N4O3.C7H6F2O/c1-10-4-5-12(22-10)15(21)18-11-6-7-17-13(8-11)19(3)14(20)9-16-2;1-10-6-4-2-3-5(8)7(6)9/h6-8,10,12,16H,4-5,9H2,1-3H3,(H,17,18,21);2-4H,1H3. The van der Waals surface area contributed by atoms with E-state index in [1.807, 2.05) is 6.92 Å². The van der Waals surface area contributed by atoms with Crippen molar-refractivity contribution in [1.29, 1.82) is 0 Å². The molecule has 2 atom stereocenters. The summed E-state index contributed by atoms with van der Waals surface area (Å²) < 4.78 is 34.9. The Morgan fingerprint density at radius 2 is 2.03 bits per heavy atom. The van der Waals surface area contributed by atoms with Gasteiger partial charge in [0.25, 0.3) is 5.91 Å². The highest BCUT2D eigenvalue weighted by atomic mass is 19.2. The molecule has 0 aliphatic carbocycles. The number of rotatable bonds is 6. The SMILES string of the molecule is CNCC(=O)N(C)c1cc(NC(=O)C2CCC(C)O2)ccn1.COc1cccc(F)c1F. The minimum Gasteiger partial charge on any atom is -0.494 e. The lowest BCUT2D eigenvalue weighted by Crippen LogP contribution is -2.34. The Morgan fingerprint density at radius 1 is 1.28 bits per heavy atom. The van der Waals surface area contributed by atoms with E-state index in [-0.39, 0.29) is 30.2 Å². The fourth-order valence-corrected chi connectivity index (χ4v) is 2.94. The molecule has 2 N–H and O–H groups in total. The van der Waals surface area contributed by atoms with Gasteiger partial charge in [-0.2, -0.15) is 4.39 Å². The van der Waals surface area contributed by atoms with Gasteiger partial charge in [-0.3, -0.25) is 14.5 Å². The molecule has 32 heavy (non-hydrogen) atoms. The normalized spacial score (nSPS) is 17.2. The minimum absolute atomic E-state index is 0.0694. The van der Waals surface area contributed by atoms with Crippen LogP contribution in [0.5, 0.6) is 5.75 Å². The molecular formula is C22H28F2N4O4. The van der Waals surface area contributed by atoms with Crippen LogP contribution in [0.3, 0.4) is 0 Å². The lowest BCUT2D eigenvalue weighted by atomic mass is 10.2. The van der Waals surface area contributed by atoms with Gasteiger partial charge in [0.05, 0.1) is 19.8 Å². The number of hydrogen-bond donors (Lipinski definition) is 2. The maximum Gasteiger partial charge on any atom is 0.253 e. The fourth-order valence-electron chi connectivity index (χ4n) is 2.94. The third-order valence-electron chi connectivity index (χ3n) is 4.72. The summed E-state index contributed by atoms with van der Waals surface area (Å²) in [5.74, 6) is -1.68. The summed E-state index contributed by atoms with van der Waals surface area (Å²) in [4.78, 5) is 29.6. The molecule has 8 nitrogen and oxygen atoms in total. The van der Waals surface area contributed by atoms with E-state index in [0.717, 1.165) is 18.9 Å². The molecule has 1 saturated heterocycles. The minimum atomic E-state index is -0.940. The topological polar surface area (TPSA) is 92.8 Å². The van der Waals surface area contributed by atoms with Crippen molar-refractivity contribution in [2.75, 3.05) is 38.0 Å². The number of aromatic nitrogens is 1. The van der Waals surface area contributed by atoms with Gasteiger partial charge < -0.3 is 20.1 Å². The predicted octanol–water partition coefficient (Wildman–Crippen LogP) is 2.74. The lowest BCUT2D eigenvalue weighted by molar-refractivity contribution is -0.126. The van der Waals surface area contributed by atoms with Crippen LogP contribution >= 0.6 is 0 Å². The summed E-state index contributed by atoms with van der Waals surface area (Å²) in [7, 11) is 4.64. The zero-order chi connectivity index (χ0) is 23.7. The number of benzene rings is 1. The van der Waals surface area contributed by atoms with E-state index >= 15 is 0 Å². The van der Waals surface area contributed by atoms with E-state index in [9.17, 15) is 18.4 Å². The summed E-state index contributed by atoms with van der Waals surface area (Å²) in [5.41, 5.74) is 0.599. The van der Waals surface area contributed by atoms with Gasteiger partial charge in [0.15, 0.2) is 11.6 Å². The molecule has 2 aromatic rings.